The van der Waals surface area contributed by atoms with Crippen molar-refractivity contribution in [1.29, 1.82) is 0 Å². The molecule has 1 atom stereocenters. The van der Waals surface area contributed by atoms with Crippen LogP contribution in [0.5, 0.6) is 0 Å². The first kappa shape index (κ1) is 13.0. The molecule has 0 spiro atoms. The van der Waals surface area contributed by atoms with Crippen LogP contribution in [0.2, 0.25) is 0 Å². The summed E-state index contributed by atoms with van der Waals surface area (Å²) in [6.07, 6.45) is 1.87. The van der Waals surface area contributed by atoms with E-state index in [1.54, 1.807) is 19.1 Å². The van der Waals surface area contributed by atoms with E-state index in [1.807, 2.05) is 7.05 Å². The number of rotatable bonds is 4. The lowest BCUT2D eigenvalue weighted by molar-refractivity contribution is -0.145. The van der Waals surface area contributed by atoms with E-state index in [-0.39, 0.29) is 18.2 Å². The molecule has 0 aliphatic heterocycles. The molecule has 0 bridgehead atoms. The summed E-state index contributed by atoms with van der Waals surface area (Å²) in [6.45, 7) is 2.18. The number of carbonyl (C=O) groups is 1. The standard InChI is InChI=1S/C14H18FNO2/c1-3-18-13(17)9-14(16-2)7-6-10-8-11(15)4-5-12(10)14/h4-5,8,16H,3,6-7,9H2,1-2H3. The van der Waals surface area contributed by atoms with Crippen molar-refractivity contribution in [1.82, 2.24) is 5.32 Å². The van der Waals surface area contributed by atoms with Gasteiger partial charge in [-0.2, -0.15) is 0 Å². The van der Waals surface area contributed by atoms with E-state index in [4.69, 9.17) is 4.74 Å². The Bertz CT molecular complexity index is 461. The second-order valence-corrected chi connectivity index (χ2v) is 4.62. The van der Waals surface area contributed by atoms with Crippen LogP contribution in [0.25, 0.3) is 0 Å². The molecule has 1 N–H and O–H groups in total. The summed E-state index contributed by atoms with van der Waals surface area (Å²) in [5.41, 5.74) is 1.59. The first-order valence-electron chi connectivity index (χ1n) is 6.25. The number of fused-ring (bicyclic) bond motifs is 1. The van der Waals surface area contributed by atoms with Crippen LogP contribution in [-0.2, 0) is 21.5 Å². The largest absolute Gasteiger partial charge is 0.466 e. The Morgan fingerprint density at radius 1 is 1.56 bits per heavy atom. The van der Waals surface area contributed by atoms with E-state index in [2.05, 4.69) is 5.32 Å². The van der Waals surface area contributed by atoms with E-state index in [0.717, 1.165) is 24.0 Å². The molecule has 0 radical (unpaired) electrons. The minimum Gasteiger partial charge on any atom is -0.466 e. The fraction of sp³-hybridized carbons (Fsp3) is 0.500. The Morgan fingerprint density at radius 2 is 2.33 bits per heavy atom. The van der Waals surface area contributed by atoms with Crippen LogP contribution in [0.3, 0.4) is 0 Å². The minimum absolute atomic E-state index is 0.218. The zero-order valence-electron chi connectivity index (χ0n) is 10.8. The third-order valence-electron chi connectivity index (χ3n) is 3.63. The van der Waals surface area contributed by atoms with Gasteiger partial charge in [-0.3, -0.25) is 4.79 Å². The molecule has 3 nitrogen and oxygen atoms in total. The summed E-state index contributed by atoms with van der Waals surface area (Å²) in [5.74, 6) is -0.444. The van der Waals surface area contributed by atoms with Crippen LogP contribution < -0.4 is 5.32 Å². The van der Waals surface area contributed by atoms with E-state index in [1.165, 1.54) is 6.07 Å². The van der Waals surface area contributed by atoms with Gasteiger partial charge in [-0.05, 0) is 50.1 Å². The second-order valence-electron chi connectivity index (χ2n) is 4.62. The summed E-state index contributed by atoms with van der Waals surface area (Å²) in [5, 5.41) is 3.22. The first-order valence-corrected chi connectivity index (χ1v) is 6.25. The molecule has 1 aliphatic carbocycles. The summed E-state index contributed by atoms with van der Waals surface area (Å²) in [4.78, 5) is 11.7. The number of hydrogen-bond acceptors (Lipinski definition) is 3. The highest BCUT2D eigenvalue weighted by molar-refractivity contribution is 5.72. The number of nitrogens with one attached hydrogen (secondary N) is 1. The van der Waals surface area contributed by atoms with Gasteiger partial charge in [0.25, 0.3) is 0 Å². The number of ether oxygens (including phenoxy) is 1. The molecule has 18 heavy (non-hydrogen) atoms. The molecule has 0 saturated heterocycles. The monoisotopic (exact) mass is 251 g/mol. The molecule has 1 unspecified atom stereocenters. The topological polar surface area (TPSA) is 38.3 Å². The molecule has 0 aromatic heterocycles. The summed E-state index contributed by atoms with van der Waals surface area (Å²) in [7, 11) is 1.83. The van der Waals surface area contributed by atoms with Gasteiger partial charge < -0.3 is 10.1 Å². The van der Waals surface area contributed by atoms with Crippen molar-refractivity contribution in [3.05, 3.63) is 35.1 Å². The molecule has 0 saturated carbocycles. The van der Waals surface area contributed by atoms with Crippen molar-refractivity contribution in [3.8, 4) is 0 Å². The van der Waals surface area contributed by atoms with Crippen molar-refractivity contribution >= 4 is 5.97 Å². The molecule has 4 heteroatoms. The number of aryl methyl sites for hydroxylation is 1. The molecule has 0 heterocycles. The Hall–Kier alpha value is -1.42. The number of carbonyl (C=O) groups excluding carboxylic acids is 1. The van der Waals surface area contributed by atoms with Crippen molar-refractivity contribution in [3.63, 3.8) is 0 Å². The van der Waals surface area contributed by atoms with Crippen molar-refractivity contribution < 1.29 is 13.9 Å². The highest BCUT2D eigenvalue weighted by Crippen LogP contribution is 2.39. The lowest BCUT2D eigenvalue weighted by Crippen LogP contribution is -2.40. The molecule has 0 amide bonds. The Morgan fingerprint density at radius 3 is 3.00 bits per heavy atom. The Kier molecular flexibility index (Phi) is 3.66. The van der Waals surface area contributed by atoms with E-state index in [0.29, 0.717) is 6.61 Å². The van der Waals surface area contributed by atoms with Crippen LogP contribution in [0.4, 0.5) is 4.39 Å². The van der Waals surface area contributed by atoms with Gasteiger partial charge in [0.2, 0.25) is 0 Å². The maximum Gasteiger partial charge on any atom is 0.308 e. The van der Waals surface area contributed by atoms with Gasteiger partial charge in [0.1, 0.15) is 5.82 Å². The number of esters is 1. The van der Waals surface area contributed by atoms with E-state index < -0.39 is 5.54 Å². The zero-order chi connectivity index (χ0) is 13.2. The molecule has 0 fully saturated rings. The molecule has 1 aromatic rings. The quantitative estimate of drug-likeness (QED) is 0.833. The molecule has 2 rings (SSSR count). The number of halogens is 1. The minimum atomic E-state index is -0.407. The summed E-state index contributed by atoms with van der Waals surface area (Å²) in [6, 6.07) is 4.77. The van der Waals surface area contributed by atoms with Gasteiger partial charge in [0.05, 0.1) is 18.6 Å². The smallest absolute Gasteiger partial charge is 0.308 e. The van der Waals surface area contributed by atoms with Crippen LogP contribution >= 0.6 is 0 Å². The Labute approximate surface area is 106 Å². The van der Waals surface area contributed by atoms with Gasteiger partial charge >= 0.3 is 5.97 Å². The summed E-state index contributed by atoms with van der Waals surface area (Å²) >= 11 is 0. The van der Waals surface area contributed by atoms with Crippen molar-refractivity contribution in [2.24, 2.45) is 0 Å². The molecular weight excluding hydrogens is 233 g/mol. The third kappa shape index (κ3) is 2.25. The molecule has 1 aromatic carbocycles. The fourth-order valence-corrected chi connectivity index (χ4v) is 2.71. The summed E-state index contributed by atoms with van der Waals surface area (Å²) < 4.78 is 18.2. The van der Waals surface area contributed by atoms with Crippen molar-refractivity contribution in [2.75, 3.05) is 13.7 Å². The van der Waals surface area contributed by atoms with Crippen molar-refractivity contribution in [2.45, 2.75) is 31.7 Å². The molecule has 98 valence electrons. The maximum atomic E-state index is 13.2. The average molecular weight is 251 g/mol. The van der Waals surface area contributed by atoms with Crippen LogP contribution in [-0.4, -0.2) is 19.6 Å². The van der Waals surface area contributed by atoms with Gasteiger partial charge in [-0.1, -0.05) is 6.07 Å². The SMILES string of the molecule is CCOC(=O)CC1(NC)CCc2cc(F)ccc21. The lowest BCUT2D eigenvalue weighted by Gasteiger charge is -2.29. The lowest BCUT2D eigenvalue weighted by atomic mass is 9.88. The predicted molar refractivity (Wildman–Crippen MR) is 66.7 cm³/mol. The van der Waals surface area contributed by atoms with E-state index >= 15 is 0 Å². The van der Waals surface area contributed by atoms with E-state index in [9.17, 15) is 9.18 Å². The first-order chi connectivity index (χ1) is 8.61. The molecule has 1 aliphatic rings. The van der Waals surface area contributed by atoms with Gasteiger partial charge in [0.15, 0.2) is 0 Å². The predicted octanol–water partition coefficient (Wildman–Crippen LogP) is 2.14. The van der Waals surface area contributed by atoms with Crippen LogP contribution in [0.1, 0.15) is 30.9 Å². The number of hydrogen-bond donors (Lipinski definition) is 1. The van der Waals surface area contributed by atoms with Crippen LogP contribution in [0.15, 0.2) is 18.2 Å². The Balaban J connectivity index is 2.28. The van der Waals surface area contributed by atoms with Gasteiger partial charge in [-0.25, -0.2) is 4.39 Å². The fourth-order valence-electron chi connectivity index (χ4n) is 2.71. The van der Waals surface area contributed by atoms with Gasteiger partial charge in [0, 0.05) is 0 Å². The number of benzene rings is 1. The van der Waals surface area contributed by atoms with Crippen LogP contribution in [0, 0.1) is 5.82 Å². The highest BCUT2D eigenvalue weighted by atomic mass is 19.1. The second kappa shape index (κ2) is 5.06. The normalized spacial score (nSPS) is 21.7. The molecular formula is C14H18FNO2. The maximum absolute atomic E-state index is 13.2. The highest BCUT2D eigenvalue weighted by Gasteiger charge is 2.39. The average Bonchev–Trinajstić information content (AvgIpc) is 2.68. The third-order valence-corrected chi connectivity index (χ3v) is 3.63. The van der Waals surface area contributed by atoms with Gasteiger partial charge in [-0.15, -0.1) is 0 Å². The zero-order valence-corrected chi connectivity index (χ0v) is 10.8.